The lowest BCUT2D eigenvalue weighted by molar-refractivity contribution is 0.297. The number of thioether (sulfide) groups is 1. The van der Waals surface area contributed by atoms with E-state index in [0.717, 1.165) is 6.54 Å². The molecule has 2 nitrogen and oxygen atoms in total. The number of benzene rings is 2. The fourth-order valence-electron chi connectivity index (χ4n) is 3.61. The molecule has 0 radical (unpaired) electrons. The fraction of sp³-hybridized carbons (Fsp3) is 0.304. The number of fused-ring (bicyclic) bond motifs is 1. The Kier molecular flexibility index (Phi) is 5.78. The summed E-state index contributed by atoms with van der Waals surface area (Å²) in [6, 6.07) is 19.4. The molecule has 134 valence electrons. The molecule has 2 aromatic carbocycles. The number of para-hydroxylation sites is 1. The molecule has 3 aromatic rings. The molecule has 0 spiro atoms. The number of nitrogens with zero attached hydrogens (tertiary/aromatic N) is 1. The Labute approximate surface area is 160 Å². The number of rotatable bonds is 7. The van der Waals surface area contributed by atoms with E-state index in [1.165, 1.54) is 65.0 Å². The summed E-state index contributed by atoms with van der Waals surface area (Å²) in [5.41, 5.74) is 4.14. The van der Waals surface area contributed by atoms with Crippen LogP contribution in [0.2, 0.25) is 0 Å². The van der Waals surface area contributed by atoms with Gasteiger partial charge in [0.05, 0.1) is 0 Å². The van der Waals surface area contributed by atoms with Crippen LogP contribution in [0.25, 0.3) is 16.5 Å². The molecule has 0 atom stereocenters. The van der Waals surface area contributed by atoms with Gasteiger partial charge in [-0.1, -0.05) is 54.6 Å². The van der Waals surface area contributed by atoms with Crippen molar-refractivity contribution in [1.82, 2.24) is 9.88 Å². The van der Waals surface area contributed by atoms with Crippen LogP contribution in [0.5, 0.6) is 0 Å². The zero-order chi connectivity index (χ0) is 17.6. The maximum Gasteiger partial charge on any atom is 0.0465 e. The van der Waals surface area contributed by atoms with E-state index in [9.17, 15) is 0 Å². The lowest BCUT2D eigenvalue weighted by atomic mass is 9.99. The molecule has 26 heavy (non-hydrogen) atoms. The van der Waals surface area contributed by atoms with E-state index in [0.29, 0.717) is 0 Å². The molecule has 2 heterocycles. The van der Waals surface area contributed by atoms with Gasteiger partial charge in [-0.3, -0.25) is 4.90 Å². The second-order valence-electron chi connectivity index (χ2n) is 6.90. The van der Waals surface area contributed by atoms with Gasteiger partial charge in [0.1, 0.15) is 0 Å². The largest absolute Gasteiger partial charge is 0.360 e. The van der Waals surface area contributed by atoms with Crippen molar-refractivity contribution in [2.45, 2.75) is 24.2 Å². The summed E-state index contributed by atoms with van der Waals surface area (Å²) in [4.78, 5) is 7.33. The van der Waals surface area contributed by atoms with Gasteiger partial charge in [-0.05, 0) is 48.8 Å². The third kappa shape index (κ3) is 4.22. The van der Waals surface area contributed by atoms with Crippen LogP contribution in [0.3, 0.4) is 0 Å². The average Bonchev–Trinajstić information content (AvgIpc) is 3.12. The number of hydrogen-bond donors (Lipinski definition) is 1. The Morgan fingerprint density at radius 1 is 0.962 bits per heavy atom. The van der Waals surface area contributed by atoms with Crippen molar-refractivity contribution in [1.29, 1.82) is 0 Å². The summed E-state index contributed by atoms with van der Waals surface area (Å²) in [5, 5.41) is 1.35. The summed E-state index contributed by atoms with van der Waals surface area (Å²) in [6.45, 7) is 3.50. The Morgan fingerprint density at radius 3 is 2.65 bits per heavy atom. The second kappa shape index (κ2) is 8.61. The first-order chi connectivity index (χ1) is 12.9. The predicted octanol–water partition coefficient (Wildman–Crippen LogP) is 5.83. The zero-order valence-corrected chi connectivity index (χ0v) is 16.0. The molecule has 1 aliphatic rings. The third-order valence-electron chi connectivity index (χ3n) is 5.12. The third-order valence-corrected chi connectivity index (χ3v) is 6.26. The number of hydrogen-bond acceptors (Lipinski definition) is 2. The molecule has 0 saturated carbocycles. The van der Waals surface area contributed by atoms with Crippen LogP contribution in [-0.2, 0) is 0 Å². The summed E-state index contributed by atoms with van der Waals surface area (Å²) < 4.78 is 0. The quantitative estimate of drug-likeness (QED) is 0.421. The molecule has 0 saturated heterocycles. The van der Waals surface area contributed by atoms with Crippen LogP contribution in [-0.4, -0.2) is 35.3 Å². The minimum absolute atomic E-state index is 1.10. The molecule has 3 heteroatoms. The fourth-order valence-corrected chi connectivity index (χ4v) is 4.66. The Hall–Kier alpha value is -1.97. The van der Waals surface area contributed by atoms with Crippen molar-refractivity contribution in [2.75, 3.05) is 25.4 Å². The molecule has 0 unspecified atom stereocenters. The highest BCUT2D eigenvalue weighted by molar-refractivity contribution is 7.99. The van der Waals surface area contributed by atoms with Gasteiger partial charge in [-0.2, -0.15) is 0 Å². The molecule has 1 aromatic heterocycles. The Balaban J connectivity index is 1.18. The number of H-pyrrole nitrogens is 1. The van der Waals surface area contributed by atoms with Crippen LogP contribution in [0.4, 0.5) is 0 Å². The summed E-state index contributed by atoms with van der Waals surface area (Å²) >= 11 is 1.98. The number of aromatic nitrogens is 1. The number of unbranched alkanes of at least 4 members (excludes halogenated alkanes) is 1. The van der Waals surface area contributed by atoms with Gasteiger partial charge < -0.3 is 4.98 Å². The maximum atomic E-state index is 3.36. The molecule has 4 rings (SSSR count). The van der Waals surface area contributed by atoms with Crippen molar-refractivity contribution in [3.05, 3.63) is 72.4 Å². The Bertz CT molecular complexity index is 866. The first kappa shape index (κ1) is 17.4. The van der Waals surface area contributed by atoms with Crippen LogP contribution in [0.15, 0.2) is 71.8 Å². The van der Waals surface area contributed by atoms with Crippen molar-refractivity contribution in [3.8, 4) is 0 Å². The molecular formula is C23H26N2S. The van der Waals surface area contributed by atoms with E-state index in [4.69, 9.17) is 0 Å². The minimum atomic E-state index is 1.10. The van der Waals surface area contributed by atoms with Gasteiger partial charge >= 0.3 is 0 Å². The van der Waals surface area contributed by atoms with Crippen molar-refractivity contribution >= 4 is 28.2 Å². The molecular weight excluding hydrogens is 336 g/mol. The molecule has 0 amide bonds. The van der Waals surface area contributed by atoms with E-state index in [1.54, 1.807) is 0 Å². The van der Waals surface area contributed by atoms with Crippen molar-refractivity contribution in [3.63, 3.8) is 0 Å². The van der Waals surface area contributed by atoms with E-state index in [1.807, 2.05) is 11.8 Å². The molecule has 1 N–H and O–H groups in total. The van der Waals surface area contributed by atoms with Crippen LogP contribution >= 0.6 is 11.8 Å². The topological polar surface area (TPSA) is 19.0 Å². The van der Waals surface area contributed by atoms with E-state index in [2.05, 4.69) is 76.8 Å². The molecule has 0 fully saturated rings. The SMILES string of the molecule is C1=C(c2ccccc2)CCN(CCCCSc2c[nH]c3ccccc23)C1. The van der Waals surface area contributed by atoms with Gasteiger partial charge in [-0.15, -0.1) is 11.8 Å². The highest BCUT2D eigenvalue weighted by Gasteiger charge is 2.12. The Morgan fingerprint density at radius 2 is 1.81 bits per heavy atom. The minimum Gasteiger partial charge on any atom is -0.360 e. The second-order valence-corrected chi connectivity index (χ2v) is 8.04. The summed E-state index contributed by atoms with van der Waals surface area (Å²) in [7, 11) is 0. The monoisotopic (exact) mass is 362 g/mol. The lowest BCUT2D eigenvalue weighted by Crippen LogP contribution is -2.29. The van der Waals surface area contributed by atoms with Gasteiger partial charge in [-0.25, -0.2) is 0 Å². The smallest absolute Gasteiger partial charge is 0.0465 e. The van der Waals surface area contributed by atoms with Crippen molar-refractivity contribution < 1.29 is 0 Å². The van der Waals surface area contributed by atoms with Gasteiger partial charge in [0.25, 0.3) is 0 Å². The molecule has 1 aliphatic heterocycles. The van der Waals surface area contributed by atoms with E-state index >= 15 is 0 Å². The van der Waals surface area contributed by atoms with E-state index in [-0.39, 0.29) is 0 Å². The van der Waals surface area contributed by atoms with Crippen molar-refractivity contribution in [2.24, 2.45) is 0 Å². The van der Waals surface area contributed by atoms with E-state index < -0.39 is 0 Å². The summed E-state index contributed by atoms with van der Waals surface area (Å²) in [6.07, 6.45) is 8.29. The first-order valence-corrected chi connectivity index (χ1v) is 10.5. The highest BCUT2D eigenvalue weighted by atomic mass is 32.2. The van der Waals surface area contributed by atoms with Crippen LogP contribution in [0.1, 0.15) is 24.8 Å². The zero-order valence-electron chi connectivity index (χ0n) is 15.2. The van der Waals surface area contributed by atoms with Crippen LogP contribution in [0, 0.1) is 0 Å². The number of aromatic amines is 1. The maximum absolute atomic E-state index is 3.36. The highest BCUT2D eigenvalue weighted by Crippen LogP contribution is 2.28. The lowest BCUT2D eigenvalue weighted by Gasteiger charge is -2.26. The number of nitrogens with one attached hydrogen (secondary N) is 1. The molecule has 0 aliphatic carbocycles. The average molecular weight is 363 g/mol. The normalized spacial score (nSPS) is 15.3. The van der Waals surface area contributed by atoms with Gasteiger partial charge in [0.15, 0.2) is 0 Å². The standard InChI is InChI=1S/C23H26N2S/c1-2-8-19(9-3-1)20-12-15-25(16-13-20)14-6-7-17-26-23-18-24-22-11-5-4-10-21(22)23/h1-5,8-12,18,24H,6-7,13-17H2. The molecule has 0 bridgehead atoms. The van der Waals surface area contributed by atoms with Gasteiger partial charge in [0.2, 0.25) is 0 Å². The van der Waals surface area contributed by atoms with Gasteiger partial charge in [0, 0.05) is 35.1 Å². The van der Waals surface area contributed by atoms with Crippen LogP contribution < -0.4 is 0 Å². The summed E-state index contributed by atoms with van der Waals surface area (Å²) in [5.74, 6) is 1.20. The predicted molar refractivity (Wildman–Crippen MR) is 114 cm³/mol. The first-order valence-electron chi connectivity index (χ1n) is 9.56.